The summed E-state index contributed by atoms with van der Waals surface area (Å²) in [7, 11) is 0. The third-order valence-corrected chi connectivity index (χ3v) is 3.83. The van der Waals surface area contributed by atoms with Crippen LogP contribution < -0.4 is 9.47 Å². The van der Waals surface area contributed by atoms with Crippen molar-refractivity contribution in [1.82, 2.24) is 4.98 Å². The van der Waals surface area contributed by atoms with Gasteiger partial charge in [0, 0.05) is 11.8 Å². The van der Waals surface area contributed by atoms with Crippen LogP contribution in [0.3, 0.4) is 0 Å². The van der Waals surface area contributed by atoms with Gasteiger partial charge in [0.25, 0.3) is 0 Å². The van der Waals surface area contributed by atoms with Crippen LogP contribution in [0.2, 0.25) is 0 Å². The predicted molar refractivity (Wildman–Crippen MR) is 97.7 cm³/mol. The van der Waals surface area contributed by atoms with Gasteiger partial charge in [-0.2, -0.15) is 0 Å². The number of nitrogens with zero attached hydrogens (tertiary/aromatic N) is 1. The van der Waals surface area contributed by atoms with Crippen LogP contribution in [-0.4, -0.2) is 11.0 Å². The average molecular weight is 335 g/mol. The molecule has 25 heavy (non-hydrogen) atoms. The number of aromatic nitrogens is 1. The maximum Gasteiger partial charge on any atom is 0.311 e. The number of hydrogen-bond donors (Lipinski definition) is 0. The van der Waals surface area contributed by atoms with Gasteiger partial charge >= 0.3 is 5.97 Å². The lowest BCUT2D eigenvalue weighted by molar-refractivity contribution is -0.134. The standard InChI is InChI=1S/C21H21NO3/c1-2-3-8-21(23)25-19-13-11-18(12-14-19)24-15-17-10-9-16-6-4-5-7-20(16)22-17/h4-7,9-14H,2-3,8,15H2,1H3. The summed E-state index contributed by atoms with van der Waals surface area (Å²) in [6.07, 6.45) is 2.27. The van der Waals surface area contributed by atoms with Crippen molar-refractivity contribution in [3.05, 3.63) is 66.4 Å². The molecule has 0 saturated heterocycles. The summed E-state index contributed by atoms with van der Waals surface area (Å²) in [5, 5.41) is 1.11. The van der Waals surface area contributed by atoms with Crippen LogP contribution in [-0.2, 0) is 11.4 Å². The van der Waals surface area contributed by atoms with Crippen LogP contribution in [0.25, 0.3) is 10.9 Å². The Morgan fingerprint density at radius 3 is 2.52 bits per heavy atom. The van der Waals surface area contributed by atoms with Crippen molar-refractivity contribution < 1.29 is 14.3 Å². The molecule has 1 heterocycles. The molecule has 1 aromatic heterocycles. The Hall–Kier alpha value is -2.88. The first kappa shape index (κ1) is 17.0. The molecule has 0 saturated carbocycles. The fraction of sp³-hybridized carbons (Fsp3) is 0.238. The van der Waals surface area contributed by atoms with Crippen molar-refractivity contribution >= 4 is 16.9 Å². The number of rotatable bonds is 7. The Morgan fingerprint density at radius 1 is 0.960 bits per heavy atom. The SMILES string of the molecule is CCCCC(=O)Oc1ccc(OCc2ccc3ccccc3n2)cc1. The average Bonchev–Trinajstić information content (AvgIpc) is 2.65. The maximum absolute atomic E-state index is 11.6. The van der Waals surface area contributed by atoms with Crippen molar-refractivity contribution in [3.8, 4) is 11.5 Å². The summed E-state index contributed by atoms with van der Waals surface area (Å²) >= 11 is 0. The summed E-state index contributed by atoms with van der Waals surface area (Å²) in [6.45, 7) is 2.43. The number of fused-ring (bicyclic) bond motifs is 1. The minimum Gasteiger partial charge on any atom is -0.487 e. The highest BCUT2D eigenvalue weighted by Crippen LogP contribution is 2.20. The zero-order valence-electron chi connectivity index (χ0n) is 14.3. The van der Waals surface area contributed by atoms with Crippen LogP contribution in [0, 0.1) is 0 Å². The van der Waals surface area contributed by atoms with Gasteiger partial charge in [-0.1, -0.05) is 37.6 Å². The minimum atomic E-state index is -0.198. The number of ether oxygens (including phenoxy) is 2. The first-order chi connectivity index (χ1) is 12.2. The molecule has 4 nitrogen and oxygen atoms in total. The Bertz CT molecular complexity index is 843. The molecule has 0 radical (unpaired) electrons. The molecule has 0 fully saturated rings. The van der Waals surface area contributed by atoms with E-state index in [1.165, 1.54) is 0 Å². The summed E-state index contributed by atoms with van der Waals surface area (Å²) in [5.41, 5.74) is 1.83. The van der Waals surface area contributed by atoms with Crippen molar-refractivity contribution in [2.45, 2.75) is 32.8 Å². The second-order valence-corrected chi connectivity index (χ2v) is 5.83. The van der Waals surface area contributed by atoms with Crippen molar-refractivity contribution in [3.63, 3.8) is 0 Å². The topological polar surface area (TPSA) is 48.4 Å². The van der Waals surface area contributed by atoms with Crippen LogP contribution in [0.1, 0.15) is 31.9 Å². The molecule has 0 amide bonds. The van der Waals surface area contributed by atoms with Gasteiger partial charge < -0.3 is 9.47 Å². The number of hydrogen-bond acceptors (Lipinski definition) is 4. The molecule has 0 bridgehead atoms. The molecule has 3 aromatic rings. The van der Waals surface area contributed by atoms with Crippen molar-refractivity contribution in [1.29, 1.82) is 0 Å². The summed E-state index contributed by atoms with van der Waals surface area (Å²) in [4.78, 5) is 16.2. The van der Waals surface area contributed by atoms with Gasteiger partial charge in [-0.05, 0) is 42.8 Å². The largest absolute Gasteiger partial charge is 0.487 e. The second kappa shape index (κ2) is 8.29. The zero-order chi connectivity index (χ0) is 17.5. The molecule has 2 aromatic carbocycles. The third kappa shape index (κ3) is 4.80. The lowest BCUT2D eigenvalue weighted by atomic mass is 10.2. The van der Waals surface area contributed by atoms with E-state index >= 15 is 0 Å². The van der Waals surface area contributed by atoms with E-state index in [1.54, 1.807) is 24.3 Å². The normalized spacial score (nSPS) is 10.6. The van der Waals surface area contributed by atoms with Gasteiger partial charge in [-0.25, -0.2) is 4.98 Å². The first-order valence-electron chi connectivity index (χ1n) is 8.53. The van der Waals surface area contributed by atoms with Crippen LogP contribution in [0.4, 0.5) is 0 Å². The zero-order valence-corrected chi connectivity index (χ0v) is 14.3. The fourth-order valence-electron chi connectivity index (χ4n) is 2.45. The highest BCUT2D eigenvalue weighted by Gasteiger charge is 2.05. The van der Waals surface area contributed by atoms with Crippen LogP contribution in [0.15, 0.2) is 60.7 Å². The summed E-state index contributed by atoms with van der Waals surface area (Å²) in [5.74, 6) is 1.05. The number of pyridine rings is 1. The fourth-order valence-corrected chi connectivity index (χ4v) is 2.45. The van der Waals surface area contributed by atoms with Gasteiger partial charge in [0.05, 0.1) is 11.2 Å². The van der Waals surface area contributed by atoms with Gasteiger partial charge in [-0.15, -0.1) is 0 Å². The highest BCUT2D eigenvalue weighted by molar-refractivity contribution is 5.78. The van der Waals surface area contributed by atoms with Gasteiger partial charge in [-0.3, -0.25) is 4.79 Å². The Balaban J connectivity index is 1.56. The lowest BCUT2D eigenvalue weighted by Crippen LogP contribution is -2.07. The molecule has 0 aliphatic carbocycles. The van der Waals surface area contributed by atoms with Crippen LogP contribution >= 0.6 is 0 Å². The van der Waals surface area contributed by atoms with Crippen molar-refractivity contribution in [2.75, 3.05) is 0 Å². The molecule has 3 rings (SSSR count). The number of benzene rings is 2. The van der Waals surface area contributed by atoms with Crippen LogP contribution in [0.5, 0.6) is 11.5 Å². The predicted octanol–water partition coefficient (Wildman–Crippen LogP) is 4.91. The number of esters is 1. The van der Waals surface area contributed by atoms with E-state index < -0.39 is 0 Å². The summed E-state index contributed by atoms with van der Waals surface area (Å²) in [6, 6.07) is 19.1. The Kier molecular flexibility index (Phi) is 5.62. The number of carbonyl (C=O) groups is 1. The van der Waals surface area contributed by atoms with E-state index in [2.05, 4.69) is 4.98 Å². The molecule has 4 heteroatoms. The molecule has 0 N–H and O–H groups in total. The molecule has 0 unspecified atom stereocenters. The summed E-state index contributed by atoms with van der Waals surface area (Å²) < 4.78 is 11.0. The van der Waals surface area contributed by atoms with Gasteiger partial charge in [0.15, 0.2) is 0 Å². The second-order valence-electron chi connectivity index (χ2n) is 5.83. The van der Waals surface area contributed by atoms with E-state index in [9.17, 15) is 4.79 Å². The molecule has 0 aliphatic heterocycles. The lowest BCUT2D eigenvalue weighted by Gasteiger charge is -2.08. The Morgan fingerprint density at radius 2 is 1.72 bits per heavy atom. The van der Waals surface area contributed by atoms with E-state index in [1.807, 2.05) is 43.3 Å². The van der Waals surface area contributed by atoms with E-state index in [0.29, 0.717) is 24.5 Å². The smallest absolute Gasteiger partial charge is 0.311 e. The van der Waals surface area contributed by atoms with E-state index in [0.717, 1.165) is 29.4 Å². The highest BCUT2D eigenvalue weighted by atomic mass is 16.5. The Labute approximate surface area is 147 Å². The maximum atomic E-state index is 11.6. The number of carbonyl (C=O) groups excluding carboxylic acids is 1. The minimum absolute atomic E-state index is 0.198. The monoisotopic (exact) mass is 335 g/mol. The molecule has 128 valence electrons. The molecular formula is C21H21NO3. The number of unbranched alkanes of at least 4 members (excludes halogenated alkanes) is 1. The third-order valence-electron chi connectivity index (χ3n) is 3.83. The first-order valence-corrected chi connectivity index (χ1v) is 8.53. The van der Waals surface area contributed by atoms with E-state index in [4.69, 9.17) is 9.47 Å². The van der Waals surface area contributed by atoms with Gasteiger partial charge in [0.1, 0.15) is 18.1 Å². The molecule has 0 atom stereocenters. The van der Waals surface area contributed by atoms with Gasteiger partial charge in [0.2, 0.25) is 0 Å². The number of para-hydroxylation sites is 1. The molecule has 0 aliphatic rings. The molecule has 0 spiro atoms. The van der Waals surface area contributed by atoms with E-state index in [-0.39, 0.29) is 5.97 Å². The molecular weight excluding hydrogens is 314 g/mol. The quantitative estimate of drug-likeness (QED) is 0.455. The van der Waals surface area contributed by atoms with Crippen molar-refractivity contribution in [2.24, 2.45) is 0 Å².